The fraction of sp³-hybridized carbons (Fsp3) is 0. The van der Waals surface area contributed by atoms with E-state index in [4.69, 9.17) is 6.57 Å². The summed E-state index contributed by atoms with van der Waals surface area (Å²) in [6, 6.07) is 3.71. The molecule has 13 heavy (non-hydrogen) atoms. The summed E-state index contributed by atoms with van der Waals surface area (Å²) in [7, 11) is 0. The van der Waals surface area contributed by atoms with Crippen molar-refractivity contribution in [2.24, 2.45) is 0 Å². The average Bonchev–Trinajstić information content (AvgIpc) is 2.16. The molecule has 0 bridgehead atoms. The Hall–Kier alpha value is -2.22. The van der Waals surface area contributed by atoms with E-state index in [1.165, 1.54) is 12.1 Å². The standard InChI is InChI=1S/C8H4N2O3/c1-9-7-3-2-6(5-11)8(4-7)10(12)13/h2-5H. The largest absolute Gasteiger partial charge is 0.298 e. The lowest BCUT2D eigenvalue weighted by Crippen LogP contribution is -1.93. The Morgan fingerprint density at radius 2 is 2.23 bits per heavy atom. The van der Waals surface area contributed by atoms with Gasteiger partial charge in [0.15, 0.2) is 12.0 Å². The molecule has 0 fully saturated rings. The molecule has 0 aliphatic carbocycles. The van der Waals surface area contributed by atoms with E-state index in [9.17, 15) is 14.9 Å². The van der Waals surface area contributed by atoms with Crippen LogP contribution in [-0.2, 0) is 0 Å². The van der Waals surface area contributed by atoms with E-state index in [2.05, 4.69) is 4.85 Å². The number of benzene rings is 1. The number of nitrogens with zero attached hydrogens (tertiary/aromatic N) is 2. The zero-order chi connectivity index (χ0) is 9.84. The number of hydrogen-bond acceptors (Lipinski definition) is 3. The molecule has 0 atom stereocenters. The zero-order valence-electron chi connectivity index (χ0n) is 6.43. The molecule has 1 aromatic rings. The van der Waals surface area contributed by atoms with Gasteiger partial charge in [-0.2, -0.15) is 0 Å². The highest BCUT2D eigenvalue weighted by Gasteiger charge is 2.12. The first-order valence-electron chi connectivity index (χ1n) is 3.30. The van der Waals surface area contributed by atoms with Crippen molar-refractivity contribution in [3.63, 3.8) is 0 Å². The minimum absolute atomic E-state index is 0.0163. The van der Waals surface area contributed by atoms with E-state index in [0.29, 0.717) is 6.29 Å². The molecule has 1 rings (SSSR count). The Balaban J connectivity index is 3.36. The lowest BCUT2D eigenvalue weighted by atomic mass is 10.2. The van der Waals surface area contributed by atoms with Crippen LogP contribution < -0.4 is 0 Å². The van der Waals surface area contributed by atoms with Crippen LogP contribution in [0.3, 0.4) is 0 Å². The molecule has 0 spiro atoms. The number of hydrogen-bond donors (Lipinski definition) is 0. The molecule has 0 N–H and O–H groups in total. The van der Waals surface area contributed by atoms with Crippen molar-refractivity contribution < 1.29 is 9.72 Å². The van der Waals surface area contributed by atoms with Crippen LogP contribution in [0.1, 0.15) is 10.4 Å². The molecule has 0 radical (unpaired) electrons. The number of carbonyl (C=O) groups is 1. The van der Waals surface area contributed by atoms with Gasteiger partial charge < -0.3 is 0 Å². The Morgan fingerprint density at radius 1 is 1.54 bits per heavy atom. The van der Waals surface area contributed by atoms with Crippen molar-refractivity contribution in [3.05, 3.63) is 45.3 Å². The van der Waals surface area contributed by atoms with E-state index in [-0.39, 0.29) is 16.9 Å². The highest BCUT2D eigenvalue weighted by molar-refractivity contribution is 5.82. The Labute approximate surface area is 73.6 Å². The maximum Gasteiger partial charge on any atom is 0.269 e. The molecule has 0 saturated carbocycles. The summed E-state index contributed by atoms with van der Waals surface area (Å²) in [6.07, 6.45) is 0.395. The number of aldehydes is 1. The van der Waals surface area contributed by atoms with Gasteiger partial charge in [-0.3, -0.25) is 14.9 Å². The highest BCUT2D eigenvalue weighted by atomic mass is 16.6. The van der Waals surface area contributed by atoms with Crippen LogP contribution in [0.2, 0.25) is 0 Å². The third-order valence-corrected chi connectivity index (χ3v) is 1.47. The van der Waals surface area contributed by atoms with E-state index >= 15 is 0 Å². The second-order valence-electron chi connectivity index (χ2n) is 2.23. The minimum Gasteiger partial charge on any atom is -0.298 e. The molecule has 0 aliphatic rings. The third kappa shape index (κ3) is 1.68. The van der Waals surface area contributed by atoms with Crippen molar-refractivity contribution in [1.82, 2.24) is 0 Å². The van der Waals surface area contributed by atoms with Crippen molar-refractivity contribution in [3.8, 4) is 0 Å². The lowest BCUT2D eigenvalue weighted by molar-refractivity contribution is -0.385. The van der Waals surface area contributed by atoms with Gasteiger partial charge in [-0.1, -0.05) is 12.1 Å². The summed E-state index contributed by atoms with van der Waals surface area (Å²) in [6.45, 7) is 6.62. The fourth-order valence-corrected chi connectivity index (χ4v) is 0.859. The van der Waals surface area contributed by atoms with Crippen molar-refractivity contribution in [2.75, 3.05) is 0 Å². The summed E-state index contributed by atoms with van der Waals surface area (Å²) >= 11 is 0. The summed E-state index contributed by atoms with van der Waals surface area (Å²) in [5.74, 6) is 0. The van der Waals surface area contributed by atoms with Crippen LogP contribution in [0, 0.1) is 16.7 Å². The quantitative estimate of drug-likeness (QED) is 0.299. The van der Waals surface area contributed by atoms with Crippen LogP contribution in [0.5, 0.6) is 0 Å². The second kappa shape index (κ2) is 3.45. The summed E-state index contributed by atoms with van der Waals surface area (Å²) < 4.78 is 0. The van der Waals surface area contributed by atoms with Crippen molar-refractivity contribution in [2.45, 2.75) is 0 Å². The number of nitro groups is 1. The van der Waals surface area contributed by atoms with Crippen LogP contribution >= 0.6 is 0 Å². The first kappa shape index (κ1) is 8.87. The summed E-state index contributed by atoms with van der Waals surface area (Å²) in [5.41, 5.74) is -0.196. The predicted octanol–water partition coefficient (Wildman–Crippen LogP) is 1.96. The van der Waals surface area contributed by atoms with E-state index in [0.717, 1.165) is 6.07 Å². The SMILES string of the molecule is [C-]#[N+]c1ccc(C=O)c([N+](=O)[O-])c1. The molecule has 0 heterocycles. The normalized spacial score (nSPS) is 8.85. The maximum absolute atomic E-state index is 10.4. The molecule has 5 nitrogen and oxygen atoms in total. The summed E-state index contributed by atoms with van der Waals surface area (Å²) in [4.78, 5) is 23.1. The Bertz CT molecular complexity index is 406. The number of carbonyl (C=O) groups excluding carboxylic acids is 1. The van der Waals surface area contributed by atoms with Gasteiger partial charge in [-0.25, -0.2) is 4.85 Å². The molecule has 5 heteroatoms. The van der Waals surface area contributed by atoms with Crippen LogP contribution in [-0.4, -0.2) is 11.2 Å². The Kier molecular flexibility index (Phi) is 2.36. The molecular weight excluding hydrogens is 172 g/mol. The first-order chi connectivity index (χ1) is 6.19. The predicted molar refractivity (Wildman–Crippen MR) is 44.7 cm³/mol. The van der Waals surface area contributed by atoms with Gasteiger partial charge in [0.25, 0.3) is 5.69 Å². The van der Waals surface area contributed by atoms with Gasteiger partial charge in [0.2, 0.25) is 0 Å². The minimum atomic E-state index is -0.682. The third-order valence-electron chi connectivity index (χ3n) is 1.47. The molecule has 0 aromatic heterocycles. The number of rotatable bonds is 2. The van der Waals surface area contributed by atoms with E-state index in [1.54, 1.807) is 0 Å². The van der Waals surface area contributed by atoms with Gasteiger partial charge in [-0.15, -0.1) is 0 Å². The monoisotopic (exact) mass is 176 g/mol. The molecule has 0 amide bonds. The molecule has 64 valence electrons. The molecule has 1 aromatic carbocycles. The molecule has 0 aliphatic heterocycles. The van der Waals surface area contributed by atoms with Crippen LogP contribution in [0.15, 0.2) is 18.2 Å². The van der Waals surface area contributed by atoms with Crippen LogP contribution in [0.25, 0.3) is 4.85 Å². The topological polar surface area (TPSA) is 64.6 Å². The zero-order valence-corrected chi connectivity index (χ0v) is 6.43. The Morgan fingerprint density at radius 3 is 2.69 bits per heavy atom. The van der Waals surface area contributed by atoms with Crippen LogP contribution in [0.4, 0.5) is 11.4 Å². The smallest absolute Gasteiger partial charge is 0.269 e. The maximum atomic E-state index is 10.4. The van der Waals surface area contributed by atoms with Crippen molar-refractivity contribution in [1.29, 1.82) is 0 Å². The number of nitro benzene ring substituents is 1. The van der Waals surface area contributed by atoms with Crippen molar-refractivity contribution >= 4 is 17.7 Å². The first-order valence-corrected chi connectivity index (χ1v) is 3.30. The van der Waals surface area contributed by atoms with Gasteiger partial charge in [0.05, 0.1) is 17.1 Å². The van der Waals surface area contributed by atoms with E-state index in [1.807, 2.05) is 0 Å². The fourth-order valence-electron chi connectivity index (χ4n) is 0.859. The highest BCUT2D eigenvalue weighted by Crippen LogP contribution is 2.23. The lowest BCUT2D eigenvalue weighted by Gasteiger charge is -1.94. The van der Waals surface area contributed by atoms with Gasteiger partial charge >= 0.3 is 0 Å². The second-order valence-corrected chi connectivity index (χ2v) is 2.23. The molecular formula is C8H4N2O3. The van der Waals surface area contributed by atoms with Gasteiger partial charge in [-0.05, 0) is 0 Å². The average molecular weight is 176 g/mol. The van der Waals surface area contributed by atoms with Gasteiger partial charge in [0, 0.05) is 6.07 Å². The summed E-state index contributed by atoms with van der Waals surface area (Å²) in [5, 5.41) is 10.4. The van der Waals surface area contributed by atoms with Gasteiger partial charge in [0.1, 0.15) is 0 Å². The van der Waals surface area contributed by atoms with E-state index < -0.39 is 4.92 Å². The molecule has 0 unspecified atom stereocenters. The molecule has 0 saturated heterocycles.